The van der Waals surface area contributed by atoms with Crippen LogP contribution < -0.4 is 9.64 Å². The second-order valence-corrected chi connectivity index (χ2v) is 10.5. The molecular formula is C26H37N5O5. The number of benzene rings is 1. The molecule has 10 nitrogen and oxygen atoms in total. The van der Waals surface area contributed by atoms with E-state index < -0.39 is 10.5 Å². The van der Waals surface area contributed by atoms with Crippen molar-refractivity contribution in [3.05, 3.63) is 34.6 Å². The predicted octanol–water partition coefficient (Wildman–Crippen LogP) is 4.03. The first-order chi connectivity index (χ1) is 17.1. The molecule has 10 heteroatoms. The van der Waals surface area contributed by atoms with Crippen LogP contribution in [0.1, 0.15) is 46.5 Å². The van der Waals surface area contributed by atoms with Crippen LogP contribution in [-0.2, 0) is 16.6 Å². The number of esters is 1. The van der Waals surface area contributed by atoms with Gasteiger partial charge in [0.05, 0.1) is 24.8 Å². The minimum Gasteiger partial charge on any atom is -0.490 e. The number of carbonyl (C=O) groups is 1. The van der Waals surface area contributed by atoms with Crippen LogP contribution in [0.5, 0.6) is 5.75 Å². The van der Waals surface area contributed by atoms with Gasteiger partial charge in [-0.3, -0.25) is 24.5 Å². The summed E-state index contributed by atoms with van der Waals surface area (Å²) in [6.45, 7) is 9.60. The minimum absolute atomic E-state index is 0.0508. The third-order valence-electron chi connectivity index (χ3n) is 8.06. The minimum atomic E-state index is -0.619. The Morgan fingerprint density at radius 2 is 1.81 bits per heavy atom. The van der Waals surface area contributed by atoms with Crippen LogP contribution in [0, 0.1) is 15.5 Å². The number of piperidine rings is 2. The van der Waals surface area contributed by atoms with Crippen molar-refractivity contribution < 1.29 is 19.2 Å². The number of nitro benzene ring substituents is 1. The molecule has 2 aromatic rings. The number of carbonyl (C=O) groups excluding carboxylic acids is 1. The smallest absolute Gasteiger partial charge is 0.325 e. The van der Waals surface area contributed by atoms with Crippen LogP contribution in [0.25, 0.3) is 11.1 Å². The predicted molar refractivity (Wildman–Crippen MR) is 137 cm³/mol. The van der Waals surface area contributed by atoms with Crippen LogP contribution in [0.2, 0.25) is 0 Å². The van der Waals surface area contributed by atoms with Crippen LogP contribution in [-0.4, -0.2) is 71.0 Å². The molecule has 2 aliphatic heterocycles. The van der Waals surface area contributed by atoms with Crippen molar-refractivity contribution in [2.45, 2.75) is 52.0 Å². The molecule has 196 valence electrons. The number of rotatable bonds is 7. The molecule has 1 aromatic carbocycles. The summed E-state index contributed by atoms with van der Waals surface area (Å²) in [6.07, 6.45) is 7.77. The third kappa shape index (κ3) is 4.91. The molecule has 0 saturated carbocycles. The van der Waals surface area contributed by atoms with E-state index in [-0.39, 0.29) is 22.8 Å². The molecule has 2 fully saturated rings. The maximum Gasteiger partial charge on any atom is 0.325 e. The number of hydrogen-bond donors (Lipinski definition) is 0. The molecule has 36 heavy (non-hydrogen) atoms. The van der Waals surface area contributed by atoms with Crippen LogP contribution >= 0.6 is 0 Å². The highest BCUT2D eigenvalue weighted by Gasteiger charge is 2.44. The van der Waals surface area contributed by atoms with Crippen molar-refractivity contribution >= 4 is 17.3 Å². The standard InChI is InChI=1S/C26H37N5O5/c1-6-36-24(32)25(2,3)30-13-9-26(10-14-30)7-11-29(12-8-26)21-16-23(35-5)22(31(33)34)15-20(21)19-17-27-28(4)18-19/h15-18H,6-14H2,1-5H3. The molecule has 0 unspecified atom stereocenters. The molecule has 1 aromatic heterocycles. The van der Waals surface area contributed by atoms with Crippen molar-refractivity contribution in [3.63, 3.8) is 0 Å². The van der Waals surface area contributed by atoms with E-state index >= 15 is 0 Å². The lowest BCUT2D eigenvalue weighted by Crippen LogP contribution is -2.56. The van der Waals surface area contributed by atoms with Gasteiger partial charge in [0.25, 0.3) is 0 Å². The number of methoxy groups -OCH3 is 1. The van der Waals surface area contributed by atoms with Gasteiger partial charge >= 0.3 is 11.7 Å². The quantitative estimate of drug-likeness (QED) is 0.320. The zero-order valence-electron chi connectivity index (χ0n) is 22.0. The number of anilines is 1. The van der Waals surface area contributed by atoms with Crippen LogP contribution in [0.3, 0.4) is 0 Å². The zero-order chi connectivity index (χ0) is 26.1. The van der Waals surface area contributed by atoms with Gasteiger partial charge in [-0.1, -0.05) is 0 Å². The molecule has 0 N–H and O–H groups in total. The number of aryl methyl sites for hydroxylation is 1. The Kier molecular flexibility index (Phi) is 7.26. The first kappa shape index (κ1) is 25.9. The van der Waals surface area contributed by atoms with Crippen molar-refractivity contribution in [1.82, 2.24) is 14.7 Å². The van der Waals surface area contributed by atoms with Crippen molar-refractivity contribution in [3.8, 4) is 16.9 Å². The van der Waals surface area contributed by atoms with E-state index in [2.05, 4.69) is 14.9 Å². The third-order valence-corrected chi connectivity index (χ3v) is 8.06. The summed E-state index contributed by atoms with van der Waals surface area (Å²) in [5.41, 5.74) is 2.14. The Hall–Kier alpha value is -3.14. The average Bonchev–Trinajstić information content (AvgIpc) is 3.30. The SMILES string of the molecule is CCOC(=O)C(C)(C)N1CCC2(CCN(c3cc(OC)c([N+](=O)[O-])cc3-c3cnn(C)c3)CC2)CC1. The Balaban J connectivity index is 1.51. The fourth-order valence-electron chi connectivity index (χ4n) is 5.62. The lowest BCUT2D eigenvalue weighted by molar-refractivity contribution is -0.385. The molecular weight excluding hydrogens is 462 g/mol. The number of nitrogens with zero attached hydrogens (tertiary/aromatic N) is 5. The molecule has 2 saturated heterocycles. The number of nitro groups is 1. The van der Waals surface area contributed by atoms with Gasteiger partial charge in [-0.2, -0.15) is 5.10 Å². The first-order valence-electron chi connectivity index (χ1n) is 12.6. The fourth-order valence-corrected chi connectivity index (χ4v) is 5.62. The molecule has 2 aliphatic rings. The summed E-state index contributed by atoms with van der Waals surface area (Å²) in [5, 5.41) is 16.0. The summed E-state index contributed by atoms with van der Waals surface area (Å²) < 4.78 is 12.4. The van der Waals surface area contributed by atoms with E-state index in [1.165, 1.54) is 7.11 Å². The number of aromatic nitrogens is 2. The van der Waals surface area contributed by atoms with Gasteiger partial charge in [0, 0.05) is 55.3 Å². The van der Waals surface area contributed by atoms with E-state index in [1.54, 1.807) is 23.0 Å². The van der Waals surface area contributed by atoms with Gasteiger partial charge < -0.3 is 14.4 Å². The summed E-state index contributed by atoms with van der Waals surface area (Å²) in [4.78, 5) is 28.3. The summed E-state index contributed by atoms with van der Waals surface area (Å²) in [6, 6.07) is 3.40. The van der Waals surface area contributed by atoms with E-state index in [1.807, 2.05) is 34.0 Å². The summed E-state index contributed by atoms with van der Waals surface area (Å²) in [5.74, 6) is 0.100. The molecule has 3 heterocycles. The monoisotopic (exact) mass is 499 g/mol. The largest absolute Gasteiger partial charge is 0.490 e. The second kappa shape index (κ2) is 10.1. The first-order valence-corrected chi connectivity index (χ1v) is 12.6. The number of likely N-dealkylation sites (tertiary alicyclic amines) is 1. The lowest BCUT2D eigenvalue weighted by atomic mass is 9.70. The summed E-state index contributed by atoms with van der Waals surface area (Å²) >= 11 is 0. The van der Waals surface area contributed by atoms with E-state index in [0.717, 1.165) is 68.7 Å². The lowest BCUT2D eigenvalue weighted by Gasteiger charge is -2.50. The normalized spacial score (nSPS) is 18.3. The maximum absolute atomic E-state index is 12.5. The summed E-state index contributed by atoms with van der Waals surface area (Å²) in [7, 11) is 3.30. The molecule has 0 amide bonds. The van der Waals surface area contributed by atoms with Crippen molar-refractivity contribution in [2.75, 3.05) is 44.8 Å². The van der Waals surface area contributed by atoms with Gasteiger partial charge in [-0.15, -0.1) is 0 Å². The van der Waals surface area contributed by atoms with Crippen LogP contribution in [0.15, 0.2) is 24.5 Å². The molecule has 0 bridgehead atoms. The van der Waals surface area contributed by atoms with E-state index in [9.17, 15) is 14.9 Å². The van der Waals surface area contributed by atoms with Gasteiger partial charge in [-0.05, 0) is 65.0 Å². The molecule has 4 rings (SSSR count). The fraction of sp³-hybridized carbons (Fsp3) is 0.615. The highest BCUT2D eigenvalue weighted by Crippen LogP contribution is 2.46. The maximum atomic E-state index is 12.5. The highest BCUT2D eigenvalue weighted by molar-refractivity contribution is 5.83. The highest BCUT2D eigenvalue weighted by atomic mass is 16.6. The molecule has 0 radical (unpaired) electrons. The Bertz CT molecular complexity index is 1110. The molecule has 0 atom stereocenters. The van der Waals surface area contributed by atoms with Crippen molar-refractivity contribution in [2.24, 2.45) is 12.5 Å². The van der Waals surface area contributed by atoms with Crippen molar-refractivity contribution in [1.29, 1.82) is 0 Å². The zero-order valence-corrected chi connectivity index (χ0v) is 22.0. The Labute approximate surface area is 212 Å². The van der Waals surface area contributed by atoms with Gasteiger partial charge in [0.15, 0.2) is 5.75 Å². The topological polar surface area (TPSA) is 103 Å². The van der Waals surface area contributed by atoms with Crippen LogP contribution in [0.4, 0.5) is 11.4 Å². The second-order valence-electron chi connectivity index (χ2n) is 10.5. The van der Waals surface area contributed by atoms with Gasteiger partial charge in [0.1, 0.15) is 5.54 Å². The Morgan fingerprint density at radius 3 is 2.33 bits per heavy atom. The van der Waals surface area contributed by atoms with Gasteiger partial charge in [0.2, 0.25) is 0 Å². The number of hydrogen-bond acceptors (Lipinski definition) is 8. The average molecular weight is 500 g/mol. The van der Waals surface area contributed by atoms with E-state index in [4.69, 9.17) is 9.47 Å². The Morgan fingerprint density at radius 1 is 1.17 bits per heavy atom. The molecule has 0 aliphatic carbocycles. The molecule has 1 spiro atoms. The number of ether oxygens (including phenoxy) is 2. The van der Waals surface area contributed by atoms with E-state index in [0.29, 0.717) is 6.61 Å². The van der Waals surface area contributed by atoms with Gasteiger partial charge in [-0.25, -0.2) is 0 Å².